The van der Waals surface area contributed by atoms with Crippen molar-refractivity contribution in [1.29, 1.82) is 0 Å². The van der Waals surface area contributed by atoms with E-state index in [0.717, 1.165) is 0 Å². The molecule has 1 amide bonds. The van der Waals surface area contributed by atoms with Gasteiger partial charge in [-0.05, 0) is 12.1 Å². The number of nitrogens with zero attached hydrogens (tertiary/aromatic N) is 1. The summed E-state index contributed by atoms with van der Waals surface area (Å²) < 4.78 is 4.35. The highest BCUT2D eigenvalue weighted by Crippen LogP contribution is 2.16. The molecule has 0 saturated heterocycles. The van der Waals surface area contributed by atoms with Crippen LogP contribution >= 0.6 is 0 Å². The van der Waals surface area contributed by atoms with E-state index in [-0.39, 0.29) is 11.4 Å². The molecule has 6 heteroatoms. The molecule has 0 aliphatic carbocycles. The summed E-state index contributed by atoms with van der Waals surface area (Å²) in [6.07, 6.45) is -1.20. The summed E-state index contributed by atoms with van der Waals surface area (Å²) in [7, 11) is 0. The fourth-order valence-electron chi connectivity index (χ4n) is 0.743. The van der Waals surface area contributed by atoms with Gasteiger partial charge in [-0.3, -0.25) is 10.1 Å². The summed E-state index contributed by atoms with van der Waals surface area (Å²) in [5.74, 6) is 0.116. The Morgan fingerprint density at radius 3 is 2.31 bits per heavy atom. The molecule has 0 aliphatic heterocycles. The largest absolute Gasteiger partial charge is 0.431 e. The molecule has 0 aromatic heterocycles. The first-order valence-electron chi connectivity index (χ1n) is 3.27. The zero-order valence-electron chi connectivity index (χ0n) is 6.39. The van der Waals surface area contributed by atoms with E-state index in [1.54, 1.807) is 0 Å². The van der Waals surface area contributed by atoms with Crippen molar-refractivity contribution in [2.45, 2.75) is 0 Å². The van der Waals surface area contributed by atoms with Crippen molar-refractivity contribution in [3.05, 3.63) is 34.4 Å². The first kappa shape index (κ1) is 8.98. The number of benzene rings is 1. The van der Waals surface area contributed by atoms with Crippen LogP contribution in [0.5, 0.6) is 5.75 Å². The Morgan fingerprint density at radius 2 is 1.92 bits per heavy atom. The van der Waals surface area contributed by atoms with Crippen LogP contribution in [0.25, 0.3) is 0 Å². The van der Waals surface area contributed by atoms with Gasteiger partial charge >= 0.3 is 6.09 Å². The van der Waals surface area contributed by atoms with Crippen LogP contribution in [-0.4, -0.2) is 11.0 Å². The molecule has 1 N–H and O–H groups in total. The Balaban J connectivity index is 2.81. The standard InChI is InChI=1S/C7H5N2O4/c8-7(10)13-6-3-1-5(2-4-6)9(11)12/h1-4,8H. The Hall–Kier alpha value is -2.11. The summed E-state index contributed by atoms with van der Waals surface area (Å²) in [5, 5.41) is 10.2. The van der Waals surface area contributed by atoms with Crippen LogP contribution in [0.3, 0.4) is 0 Å². The van der Waals surface area contributed by atoms with E-state index in [1.807, 2.05) is 0 Å². The Kier molecular flexibility index (Phi) is 2.44. The normalized spacial score (nSPS) is 9.23. The molecule has 0 saturated carbocycles. The molecule has 67 valence electrons. The third-order valence-corrected chi connectivity index (χ3v) is 1.26. The lowest BCUT2D eigenvalue weighted by atomic mass is 10.3. The number of nitro benzene ring substituents is 1. The molecule has 1 aromatic rings. The minimum absolute atomic E-state index is 0.0928. The van der Waals surface area contributed by atoms with Gasteiger partial charge in [0.25, 0.3) is 5.69 Å². The third kappa shape index (κ3) is 2.44. The number of carbonyl (C=O) groups is 1. The van der Waals surface area contributed by atoms with Gasteiger partial charge in [-0.15, -0.1) is 0 Å². The van der Waals surface area contributed by atoms with Gasteiger partial charge in [-0.25, -0.2) is 10.5 Å². The van der Waals surface area contributed by atoms with E-state index in [2.05, 4.69) is 4.74 Å². The number of hydrogen-bond acceptors (Lipinski definition) is 4. The van der Waals surface area contributed by atoms with Crippen LogP contribution in [0.1, 0.15) is 0 Å². The molecular weight excluding hydrogens is 176 g/mol. The maximum atomic E-state index is 10.2. The number of nitro groups is 1. The summed E-state index contributed by atoms with van der Waals surface area (Å²) in [5.41, 5.74) is 6.37. The molecule has 0 bridgehead atoms. The number of hydrogen-bond donors (Lipinski definition) is 0. The summed E-state index contributed by atoms with van der Waals surface area (Å²) in [6, 6.07) is 4.89. The van der Waals surface area contributed by atoms with Crippen LogP contribution in [0.4, 0.5) is 10.5 Å². The van der Waals surface area contributed by atoms with Crippen molar-refractivity contribution >= 4 is 11.8 Å². The molecule has 0 atom stereocenters. The van der Waals surface area contributed by atoms with Crippen molar-refractivity contribution in [3.63, 3.8) is 0 Å². The van der Waals surface area contributed by atoms with Gasteiger partial charge in [0.1, 0.15) is 5.75 Å². The molecule has 0 heterocycles. The van der Waals surface area contributed by atoms with Gasteiger partial charge in [-0.2, -0.15) is 0 Å². The smallest absolute Gasteiger partial charge is 0.409 e. The number of amides is 1. The summed E-state index contributed by atoms with van der Waals surface area (Å²) in [4.78, 5) is 19.8. The second kappa shape index (κ2) is 3.53. The fourth-order valence-corrected chi connectivity index (χ4v) is 0.743. The van der Waals surface area contributed by atoms with E-state index in [4.69, 9.17) is 5.73 Å². The maximum Gasteiger partial charge on any atom is 0.431 e. The van der Waals surface area contributed by atoms with Gasteiger partial charge in [0.2, 0.25) is 0 Å². The summed E-state index contributed by atoms with van der Waals surface area (Å²) in [6.45, 7) is 0. The Bertz CT molecular complexity index is 333. The van der Waals surface area contributed by atoms with Crippen LogP contribution in [0.2, 0.25) is 0 Å². The highest BCUT2D eigenvalue weighted by atomic mass is 16.6. The van der Waals surface area contributed by atoms with E-state index in [9.17, 15) is 14.9 Å². The van der Waals surface area contributed by atoms with E-state index in [0.29, 0.717) is 0 Å². The highest BCUT2D eigenvalue weighted by Gasteiger charge is 2.05. The van der Waals surface area contributed by atoms with Gasteiger partial charge in [-0.1, -0.05) is 0 Å². The van der Waals surface area contributed by atoms with Gasteiger partial charge < -0.3 is 4.74 Å². The van der Waals surface area contributed by atoms with E-state index in [1.165, 1.54) is 24.3 Å². The van der Waals surface area contributed by atoms with Crippen molar-refractivity contribution < 1.29 is 14.5 Å². The second-order valence-electron chi connectivity index (χ2n) is 2.14. The van der Waals surface area contributed by atoms with E-state index >= 15 is 0 Å². The van der Waals surface area contributed by atoms with Crippen molar-refractivity contribution in [2.24, 2.45) is 0 Å². The summed E-state index contributed by atoms with van der Waals surface area (Å²) >= 11 is 0. The first-order valence-corrected chi connectivity index (χ1v) is 3.27. The molecule has 13 heavy (non-hydrogen) atoms. The quantitative estimate of drug-likeness (QED) is 0.508. The topological polar surface area (TPSA) is 93.2 Å². The van der Waals surface area contributed by atoms with Gasteiger partial charge in [0.15, 0.2) is 0 Å². The fraction of sp³-hybridized carbons (Fsp3) is 0. The zero-order chi connectivity index (χ0) is 9.84. The van der Waals surface area contributed by atoms with Crippen LogP contribution < -0.4 is 10.5 Å². The minimum Gasteiger partial charge on any atom is -0.409 e. The molecule has 1 rings (SSSR count). The van der Waals surface area contributed by atoms with Crippen LogP contribution in [0, 0.1) is 10.1 Å². The average molecular weight is 181 g/mol. The van der Waals surface area contributed by atoms with Crippen molar-refractivity contribution in [3.8, 4) is 5.75 Å². The predicted molar refractivity (Wildman–Crippen MR) is 42.2 cm³/mol. The van der Waals surface area contributed by atoms with Crippen molar-refractivity contribution in [1.82, 2.24) is 5.73 Å². The molecule has 0 spiro atoms. The first-order chi connectivity index (χ1) is 6.09. The molecule has 1 aromatic carbocycles. The molecule has 0 aliphatic rings. The Morgan fingerprint density at radius 1 is 1.38 bits per heavy atom. The lowest BCUT2D eigenvalue weighted by molar-refractivity contribution is -0.384. The van der Waals surface area contributed by atoms with Crippen LogP contribution in [0.15, 0.2) is 24.3 Å². The molecular formula is C7H5N2O4. The average Bonchev–Trinajstić information content (AvgIpc) is 2.04. The molecule has 0 unspecified atom stereocenters. The number of non-ortho nitro benzene ring substituents is 1. The third-order valence-electron chi connectivity index (χ3n) is 1.26. The molecule has 6 nitrogen and oxygen atoms in total. The number of nitrogens with one attached hydrogen (secondary N) is 1. The maximum absolute atomic E-state index is 10.2. The highest BCUT2D eigenvalue weighted by molar-refractivity contribution is 5.67. The number of carbonyl (C=O) groups excluding carboxylic acids is 1. The van der Waals surface area contributed by atoms with Gasteiger partial charge in [0, 0.05) is 12.1 Å². The lowest BCUT2D eigenvalue weighted by Crippen LogP contribution is -2.05. The van der Waals surface area contributed by atoms with E-state index < -0.39 is 11.0 Å². The number of ether oxygens (including phenoxy) is 1. The van der Waals surface area contributed by atoms with Crippen molar-refractivity contribution in [2.75, 3.05) is 0 Å². The molecule has 1 radical (unpaired) electrons. The monoisotopic (exact) mass is 181 g/mol. The number of rotatable bonds is 2. The Labute approximate surface area is 73.1 Å². The minimum atomic E-state index is -1.20. The van der Waals surface area contributed by atoms with Gasteiger partial charge in [0.05, 0.1) is 4.92 Å². The lowest BCUT2D eigenvalue weighted by Gasteiger charge is -1.97. The SMILES string of the molecule is [NH]C(=O)Oc1ccc([N+](=O)[O-])cc1. The predicted octanol–water partition coefficient (Wildman–Crippen LogP) is 1.38. The second-order valence-corrected chi connectivity index (χ2v) is 2.14. The van der Waals surface area contributed by atoms with Crippen LogP contribution in [-0.2, 0) is 0 Å². The zero-order valence-corrected chi connectivity index (χ0v) is 6.39. The molecule has 0 fully saturated rings.